The Balaban J connectivity index is 2.76. The Labute approximate surface area is 97.0 Å². The lowest BCUT2D eigenvalue weighted by molar-refractivity contribution is 0.559. The van der Waals surface area contributed by atoms with Gasteiger partial charge in [-0.15, -0.1) is 18.3 Å². The van der Waals surface area contributed by atoms with Crippen molar-refractivity contribution in [1.82, 2.24) is 5.32 Å². The smallest absolute Gasteiger partial charge is 0.0354 e. The molecule has 0 spiro atoms. The summed E-state index contributed by atoms with van der Waals surface area (Å²) in [5.74, 6) is 0. The topological polar surface area (TPSA) is 12.0 Å². The number of thioether (sulfide) groups is 1. The quantitative estimate of drug-likeness (QED) is 0.581. The standard InChI is InChI=1S/C13H19NS/c1-4-6-13(14-5-2)11-7-9-12(15-3)10-8-11/h4,7-10,13-14H,1,5-6H2,2-3H3. The molecule has 0 aliphatic rings. The molecule has 1 nitrogen and oxygen atoms in total. The molecule has 0 aliphatic heterocycles. The molecule has 2 heteroatoms. The number of hydrogen-bond donors (Lipinski definition) is 1. The molecule has 0 saturated carbocycles. The molecular formula is C13H19NS. The van der Waals surface area contributed by atoms with Crippen LogP contribution in [0, 0.1) is 0 Å². The maximum atomic E-state index is 3.80. The third-order valence-corrected chi connectivity index (χ3v) is 3.11. The summed E-state index contributed by atoms with van der Waals surface area (Å²) >= 11 is 1.78. The number of hydrogen-bond acceptors (Lipinski definition) is 2. The van der Waals surface area contributed by atoms with Gasteiger partial charge in [0.05, 0.1) is 0 Å². The van der Waals surface area contributed by atoms with Gasteiger partial charge in [-0.2, -0.15) is 0 Å². The van der Waals surface area contributed by atoms with E-state index in [0.717, 1.165) is 13.0 Å². The van der Waals surface area contributed by atoms with Gasteiger partial charge in [-0.3, -0.25) is 0 Å². The van der Waals surface area contributed by atoms with Crippen LogP contribution in [-0.2, 0) is 0 Å². The van der Waals surface area contributed by atoms with Crippen molar-refractivity contribution in [2.45, 2.75) is 24.3 Å². The van der Waals surface area contributed by atoms with Crippen molar-refractivity contribution < 1.29 is 0 Å². The van der Waals surface area contributed by atoms with Gasteiger partial charge in [-0.25, -0.2) is 0 Å². The minimum absolute atomic E-state index is 0.406. The Morgan fingerprint density at radius 1 is 1.40 bits per heavy atom. The van der Waals surface area contributed by atoms with Crippen molar-refractivity contribution in [1.29, 1.82) is 0 Å². The highest BCUT2D eigenvalue weighted by Crippen LogP contribution is 2.21. The largest absolute Gasteiger partial charge is 0.310 e. The van der Waals surface area contributed by atoms with Crippen LogP contribution in [0.2, 0.25) is 0 Å². The van der Waals surface area contributed by atoms with Crippen molar-refractivity contribution in [3.63, 3.8) is 0 Å². The summed E-state index contributed by atoms with van der Waals surface area (Å²) in [6, 6.07) is 9.15. The number of nitrogens with one attached hydrogen (secondary N) is 1. The normalized spacial score (nSPS) is 12.4. The lowest BCUT2D eigenvalue weighted by Gasteiger charge is -2.16. The molecule has 0 saturated heterocycles. The van der Waals surface area contributed by atoms with Crippen LogP contribution < -0.4 is 5.32 Å². The van der Waals surface area contributed by atoms with Crippen molar-refractivity contribution >= 4 is 11.8 Å². The molecule has 0 heterocycles. The van der Waals surface area contributed by atoms with Crippen LogP contribution in [-0.4, -0.2) is 12.8 Å². The first-order chi connectivity index (χ1) is 7.31. The molecule has 0 bridgehead atoms. The predicted molar refractivity (Wildman–Crippen MR) is 69.5 cm³/mol. The second-order valence-electron chi connectivity index (χ2n) is 3.41. The molecular weight excluding hydrogens is 202 g/mol. The van der Waals surface area contributed by atoms with Gasteiger partial charge >= 0.3 is 0 Å². The summed E-state index contributed by atoms with van der Waals surface area (Å²) in [6.45, 7) is 6.92. The van der Waals surface area contributed by atoms with Crippen LogP contribution in [0.15, 0.2) is 41.8 Å². The fraction of sp³-hybridized carbons (Fsp3) is 0.385. The Morgan fingerprint density at radius 3 is 2.53 bits per heavy atom. The Morgan fingerprint density at radius 2 is 2.07 bits per heavy atom. The van der Waals surface area contributed by atoms with Gasteiger partial charge < -0.3 is 5.32 Å². The molecule has 1 unspecified atom stereocenters. The second kappa shape index (κ2) is 6.70. The van der Waals surface area contributed by atoms with Gasteiger partial charge in [0.2, 0.25) is 0 Å². The summed E-state index contributed by atoms with van der Waals surface area (Å²) < 4.78 is 0. The van der Waals surface area contributed by atoms with Gasteiger partial charge in [0.25, 0.3) is 0 Å². The first-order valence-electron chi connectivity index (χ1n) is 5.30. The SMILES string of the molecule is C=CCC(NCC)c1ccc(SC)cc1. The molecule has 1 N–H and O–H groups in total. The number of rotatable bonds is 6. The van der Waals surface area contributed by atoms with Crippen LogP contribution in [0.3, 0.4) is 0 Å². The maximum absolute atomic E-state index is 3.80. The molecule has 15 heavy (non-hydrogen) atoms. The maximum Gasteiger partial charge on any atom is 0.0354 e. The first kappa shape index (κ1) is 12.3. The Hall–Kier alpha value is -0.730. The zero-order chi connectivity index (χ0) is 11.1. The van der Waals surface area contributed by atoms with E-state index in [-0.39, 0.29) is 0 Å². The summed E-state index contributed by atoms with van der Waals surface area (Å²) in [5.41, 5.74) is 1.34. The third-order valence-electron chi connectivity index (χ3n) is 2.37. The molecule has 0 aliphatic carbocycles. The van der Waals surface area contributed by atoms with Crippen LogP contribution in [0.1, 0.15) is 24.9 Å². The summed E-state index contributed by atoms with van der Waals surface area (Å²) in [4.78, 5) is 1.31. The van der Waals surface area contributed by atoms with Crippen LogP contribution in [0.5, 0.6) is 0 Å². The minimum Gasteiger partial charge on any atom is -0.310 e. The highest BCUT2D eigenvalue weighted by molar-refractivity contribution is 7.98. The molecule has 1 rings (SSSR count). The van der Waals surface area contributed by atoms with Crippen molar-refractivity contribution in [2.24, 2.45) is 0 Å². The van der Waals surface area contributed by atoms with Gasteiger partial charge in [0.15, 0.2) is 0 Å². The summed E-state index contributed by atoms with van der Waals surface area (Å²) in [7, 11) is 0. The van der Waals surface area contributed by atoms with Gasteiger partial charge in [0, 0.05) is 10.9 Å². The molecule has 0 aromatic heterocycles. The number of benzene rings is 1. The van der Waals surface area contributed by atoms with E-state index in [4.69, 9.17) is 0 Å². The summed E-state index contributed by atoms with van der Waals surface area (Å²) in [6.07, 6.45) is 5.04. The summed E-state index contributed by atoms with van der Waals surface area (Å²) in [5, 5.41) is 3.46. The second-order valence-corrected chi connectivity index (χ2v) is 4.29. The zero-order valence-electron chi connectivity index (χ0n) is 9.49. The van der Waals surface area contributed by atoms with E-state index in [9.17, 15) is 0 Å². The molecule has 1 aromatic carbocycles. The average molecular weight is 221 g/mol. The average Bonchev–Trinajstić information content (AvgIpc) is 2.29. The molecule has 82 valence electrons. The Bertz CT molecular complexity index is 292. The van der Waals surface area contributed by atoms with Gasteiger partial charge in [-0.1, -0.05) is 25.1 Å². The van der Waals surface area contributed by atoms with Crippen LogP contribution in [0.4, 0.5) is 0 Å². The molecule has 0 radical (unpaired) electrons. The van der Waals surface area contributed by atoms with E-state index >= 15 is 0 Å². The first-order valence-corrected chi connectivity index (χ1v) is 6.52. The van der Waals surface area contributed by atoms with Crippen molar-refractivity contribution in [2.75, 3.05) is 12.8 Å². The predicted octanol–water partition coefficient (Wildman–Crippen LogP) is 3.64. The van der Waals surface area contributed by atoms with Crippen molar-refractivity contribution in [3.8, 4) is 0 Å². The van der Waals surface area contributed by atoms with E-state index in [0.29, 0.717) is 6.04 Å². The monoisotopic (exact) mass is 221 g/mol. The Kier molecular flexibility index (Phi) is 5.51. The lowest BCUT2D eigenvalue weighted by atomic mass is 10.0. The van der Waals surface area contributed by atoms with E-state index in [2.05, 4.69) is 49.3 Å². The van der Waals surface area contributed by atoms with E-state index in [1.54, 1.807) is 11.8 Å². The highest BCUT2D eigenvalue weighted by atomic mass is 32.2. The van der Waals surface area contributed by atoms with E-state index in [1.807, 2.05) is 6.08 Å². The fourth-order valence-electron chi connectivity index (χ4n) is 1.59. The zero-order valence-corrected chi connectivity index (χ0v) is 10.3. The lowest BCUT2D eigenvalue weighted by Crippen LogP contribution is -2.20. The molecule has 0 fully saturated rings. The van der Waals surface area contributed by atoms with E-state index < -0.39 is 0 Å². The molecule has 1 atom stereocenters. The van der Waals surface area contributed by atoms with Crippen LogP contribution >= 0.6 is 11.8 Å². The van der Waals surface area contributed by atoms with Gasteiger partial charge in [-0.05, 0) is 36.9 Å². The van der Waals surface area contributed by atoms with Crippen molar-refractivity contribution in [3.05, 3.63) is 42.5 Å². The fourth-order valence-corrected chi connectivity index (χ4v) is 1.99. The van der Waals surface area contributed by atoms with Gasteiger partial charge in [0.1, 0.15) is 0 Å². The highest BCUT2D eigenvalue weighted by Gasteiger charge is 2.07. The minimum atomic E-state index is 0.406. The van der Waals surface area contributed by atoms with Crippen LogP contribution in [0.25, 0.3) is 0 Å². The third kappa shape index (κ3) is 3.73. The molecule has 1 aromatic rings. The molecule has 0 amide bonds. The van der Waals surface area contributed by atoms with E-state index in [1.165, 1.54) is 10.5 Å².